The maximum absolute atomic E-state index is 14.9. The van der Waals surface area contributed by atoms with Gasteiger partial charge in [0, 0.05) is 28.8 Å². The van der Waals surface area contributed by atoms with Crippen molar-refractivity contribution in [3.05, 3.63) is 94.2 Å². The number of hydrogen-bond donors (Lipinski definition) is 4. The molecule has 216 valence electrons. The first kappa shape index (κ1) is 29.3. The van der Waals surface area contributed by atoms with Gasteiger partial charge in [-0.25, -0.2) is 18.8 Å². The van der Waals surface area contributed by atoms with E-state index in [-0.39, 0.29) is 34.0 Å². The summed E-state index contributed by atoms with van der Waals surface area (Å²) in [6, 6.07) is 11.6. The predicted molar refractivity (Wildman–Crippen MR) is 165 cm³/mol. The molecule has 0 radical (unpaired) electrons. The molecule has 1 saturated carbocycles. The van der Waals surface area contributed by atoms with Crippen molar-refractivity contribution in [3.63, 3.8) is 0 Å². The second-order valence-electron chi connectivity index (χ2n) is 9.89. The molecule has 11 nitrogen and oxygen atoms in total. The molecule has 1 aliphatic rings. The number of pyridine rings is 1. The maximum atomic E-state index is 14.9. The fourth-order valence-electron chi connectivity index (χ4n) is 4.92. The Labute approximate surface area is 249 Å². The van der Waals surface area contributed by atoms with Crippen LogP contribution in [0.2, 0.25) is 0 Å². The molecule has 0 aliphatic heterocycles. The summed E-state index contributed by atoms with van der Waals surface area (Å²) in [5.41, 5.74) is 3.00. The van der Waals surface area contributed by atoms with Crippen molar-refractivity contribution in [2.75, 3.05) is 11.9 Å². The monoisotopic (exact) mass is 694 g/mol. The number of aromatic nitrogens is 3. The number of aryl methyl sites for hydroxylation is 2. The molecule has 1 atom stereocenters. The number of hydrazine groups is 1. The van der Waals surface area contributed by atoms with Gasteiger partial charge >= 0.3 is 5.69 Å². The number of nitrogens with zero attached hydrogens (tertiary/aromatic N) is 3. The Balaban J connectivity index is 1.71. The van der Waals surface area contributed by atoms with Gasteiger partial charge in [-0.3, -0.25) is 27.8 Å². The second kappa shape index (κ2) is 12.0. The van der Waals surface area contributed by atoms with Crippen LogP contribution in [0.4, 0.5) is 15.9 Å². The van der Waals surface area contributed by atoms with Crippen molar-refractivity contribution in [2.24, 2.45) is 7.05 Å². The first-order valence-electron chi connectivity index (χ1n) is 12.9. The standard InChI is InChI=1S/C27H28FIN6O5S/c1-15-23-22(24(33(2)25(15)36)31-21-11-8-17(29)14-20(21)28)26(37)35(18-9-10-18)27(38)34(23)19-7-3-5-16(13-19)6-4-12-30-32-41(39)40/h3,5,7-8,11,13-14,18,30-32H,4,6,9-10,12H2,1-2H3,(H,39,40). The zero-order chi connectivity index (χ0) is 29.4. The Kier molecular flexibility index (Phi) is 8.56. The van der Waals surface area contributed by atoms with Crippen LogP contribution in [0.3, 0.4) is 0 Å². The summed E-state index contributed by atoms with van der Waals surface area (Å²) in [5.74, 6) is -0.448. The van der Waals surface area contributed by atoms with Gasteiger partial charge in [0.2, 0.25) is 11.3 Å². The minimum Gasteiger partial charge on any atom is -0.338 e. The van der Waals surface area contributed by atoms with Crippen LogP contribution in [0.1, 0.15) is 36.4 Å². The van der Waals surface area contributed by atoms with Crippen LogP contribution in [0.5, 0.6) is 0 Å². The molecule has 4 N–H and O–H groups in total. The normalized spacial score (nSPS) is 14.0. The molecular formula is C27H28FIN6O5S. The van der Waals surface area contributed by atoms with E-state index in [9.17, 15) is 23.0 Å². The van der Waals surface area contributed by atoms with E-state index in [1.165, 1.54) is 32.9 Å². The van der Waals surface area contributed by atoms with E-state index in [1.807, 2.05) is 34.7 Å². The Morgan fingerprint density at radius 3 is 2.56 bits per heavy atom. The lowest BCUT2D eigenvalue weighted by atomic mass is 10.1. The largest absolute Gasteiger partial charge is 0.338 e. The molecule has 0 saturated heterocycles. The van der Waals surface area contributed by atoms with Crippen LogP contribution in [0.15, 0.2) is 56.8 Å². The fraction of sp³-hybridized carbons (Fsp3) is 0.296. The molecule has 2 heterocycles. The Morgan fingerprint density at radius 1 is 1.12 bits per heavy atom. The van der Waals surface area contributed by atoms with Gasteiger partial charge in [-0.2, -0.15) is 4.83 Å². The van der Waals surface area contributed by atoms with Crippen LogP contribution in [0, 0.1) is 16.3 Å². The lowest BCUT2D eigenvalue weighted by Gasteiger charge is -2.21. The van der Waals surface area contributed by atoms with Gasteiger partial charge in [-0.15, -0.1) is 0 Å². The van der Waals surface area contributed by atoms with Crippen molar-refractivity contribution in [1.82, 2.24) is 24.0 Å². The number of rotatable bonds is 10. The smallest absolute Gasteiger partial charge is 0.336 e. The topological polar surface area (TPSA) is 139 Å². The summed E-state index contributed by atoms with van der Waals surface area (Å²) in [6.07, 6.45) is 2.58. The van der Waals surface area contributed by atoms with E-state index in [0.29, 0.717) is 41.5 Å². The summed E-state index contributed by atoms with van der Waals surface area (Å²) in [4.78, 5) is 43.5. The van der Waals surface area contributed by atoms with E-state index in [0.717, 1.165) is 5.56 Å². The average molecular weight is 695 g/mol. The Bertz CT molecular complexity index is 1870. The van der Waals surface area contributed by atoms with E-state index >= 15 is 0 Å². The number of halogens is 2. The van der Waals surface area contributed by atoms with Gasteiger partial charge in [0.25, 0.3) is 11.1 Å². The molecule has 1 fully saturated rings. The van der Waals surface area contributed by atoms with Crippen molar-refractivity contribution < 1.29 is 13.2 Å². The van der Waals surface area contributed by atoms with E-state index < -0.39 is 33.9 Å². The van der Waals surface area contributed by atoms with Crippen LogP contribution in [0.25, 0.3) is 16.6 Å². The summed E-state index contributed by atoms with van der Waals surface area (Å²) in [6.45, 7) is 2.00. The molecule has 14 heteroatoms. The molecule has 2 aromatic heterocycles. The zero-order valence-electron chi connectivity index (χ0n) is 22.2. The molecule has 1 unspecified atom stereocenters. The van der Waals surface area contributed by atoms with Crippen molar-refractivity contribution >= 4 is 56.3 Å². The minimum atomic E-state index is -2.17. The van der Waals surface area contributed by atoms with Gasteiger partial charge < -0.3 is 5.32 Å². The van der Waals surface area contributed by atoms with E-state index in [2.05, 4.69) is 15.6 Å². The number of nitrogens with one attached hydrogen (secondary N) is 3. The van der Waals surface area contributed by atoms with Crippen molar-refractivity contribution in [2.45, 2.75) is 38.6 Å². The number of hydrogen-bond acceptors (Lipinski definition) is 6. The van der Waals surface area contributed by atoms with Crippen molar-refractivity contribution in [1.29, 1.82) is 0 Å². The Hall–Kier alpha value is -3.18. The van der Waals surface area contributed by atoms with Gasteiger partial charge in [-0.05, 0) is 91.1 Å². The van der Waals surface area contributed by atoms with E-state index in [1.54, 1.807) is 25.1 Å². The highest BCUT2D eigenvalue weighted by Gasteiger charge is 2.31. The van der Waals surface area contributed by atoms with Crippen molar-refractivity contribution in [3.8, 4) is 5.69 Å². The van der Waals surface area contributed by atoms with Crippen LogP contribution >= 0.6 is 22.6 Å². The number of benzene rings is 2. The predicted octanol–water partition coefficient (Wildman–Crippen LogP) is 3.15. The third kappa shape index (κ3) is 5.92. The molecule has 0 bridgehead atoms. The highest BCUT2D eigenvalue weighted by Crippen LogP contribution is 2.34. The van der Waals surface area contributed by atoms with Crippen LogP contribution in [-0.2, 0) is 24.7 Å². The highest BCUT2D eigenvalue weighted by atomic mass is 127. The third-order valence-electron chi connectivity index (χ3n) is 7.03. The maximum Gasteiger partial charge on any atom is 0.336 e. The number of anilines is 2. The summed E-state index contributed by atoms with van der Waals surface area (Å²) >= 11 is -0.170. The number of fused-ring (bicyclic) bond motifs is 1. The summed E-state index contributed by atoms with van der Waals surface area (Å²) in [5, 5.41) is 3.08. The molecule has 2 aromatic carbocycles. The van der Waals surface area contributed by atoms with E-state index in [4.69, 9.17) is 4.55 Å². The molecule has 4 aromatic rings. The van der Waals surface area contributed by atoms with Gasteiger partial charge in [0.1, 0.15) is 17.0 Å². The first-order valence-corrected chi connectivity index (χ1v) is 15.1. The quantitative estimate of drug-likeness (QED) is 0.0867. The Morgan fingerprint density at radius 2 is 1.88 bits per heavy atom. The highest BCUT2D eigenvalue weighted by molar-refractivity contribution is 14.1. The summed E-state index contributed by atoms with van der Waals surface area (Å²) in [7, 11) is 1.51. The molecule has 1 aliphatic carbocycles. The fourth-order valence-corrected chi connectivity index (χ4v) is 5.60. The zero-order valence-corrected chi connectivity index (χ0v) is 25.2. The minimum absolute atomic E-state index is 0.0934. The average Bonchev–Trinajstić information content (AvgIpc) is 3.76. The summed E-state index contributed by atoms with van der Waals surface area (Å²) < 4.78 is 39.0. The lowest BCUT2D eigenvalue weighted by molar-refractivity contribution is 0.522. The first-order chi connectivity index (χ1) is 19.6. The molecule has 0 spiro atoms. The molecule has 5 rings (SSSR count). The molecule has 0 amide bonds. The SMILES string of the molecule is Cc1c(=O)n(C)c(Nc2ccc(I)cc2F)c2c(=O)n(C3CC3)c(=O)n(-c3cccc(CCCNNS(=O)O)c3)c12. The van der Waals surface area contributed by atoms with Gasteiger partial charge in [0.05, 0.1) is 16.9 Å². The molecule has 41 heavy (non-hydrogen) atoms. The molecular weight excluding hydrogens is 666 g/mol. The van der Waals surface area contributed by atoms with Crippen LogP contribution in [-0.4, -0.2) is 29.0 Å². The lowest BCUT2D eigenvalue weighted by Crippen LogP contribution is -2.41. The second-order valence-corrected chi connectivity index (χ2v) is 11.8. The third-order valence-corrected chi connectivity index (χ3v) is 8.02. The van der Waals surface area contributed by atoms with Gasteiger partial charge in [0.15, 0.2) is 0 Å². The van der Waals surface area contributed by atoms with Crippen LogP contribution < -0.4 is 32.4 Å². The van der Waals surface area contributed by atoms with Gasteiger partial charge in [-0.1, -0.05) is 12.1 Å².